The van der Waals surface area contributed by atoms with Gasteiger partial charge in [0.15, 0.2) is 5.75 Å². The molecule has 0 radical (unpaired) electrons. The van der Waals surface area contributed by atoms with Crippen molar-refractivity contribution in [2.45, 2.75) is 6.92 Å². The first-order valence-corrected chi connectivity index (χ1v) is 5.68. The van der Waals surface area contributed by atoms with E-state index in [0.717, 1.165) is 25.4 Å². The summed E-state index contributed by atoms with van der Waals surface area (Å²) in [6.45, 7) is 4.38. The Morgan fingerprint density at radius 2 is 2.28 bits per heavy atom. The molecule has 0 aliphatic carbocycles. The number of nitro groups is 1. The Hall–Kier alpha value is -1.82. The lowest BCUT2D eigenvalue weighted by Gasteiger charge is -2.38. The summed E-state index contributed by atoms with van der Waals surface area (Å²) in [7, 11) is 1.42. The van der Waals surface area contributed by atoms with Crippen molar-refractivity contribution in [2.24, 2.45) is 5.41 Å². The van der Waals surface area contributed by atoms with E-state index in [1.165, 1.54) is 13.2 Å². The van der Waals surface area contributed by atoms with Gasteiger partial charge in [-0.3, -0.25) is 10.1 Å². The molecule has 0 atom stereocenters. The zero-order chi connectivity index (χ0) is 13.2. The first-order valence-electron chi connectivity index (χ1n) is 5.68. The number of nitrogens with one attached hydrogen (secondary N) is 1. The minimum atomic E-state index is -0.455. The molecule has 1 N–H and O–H groups in total. The van der Waals surface area contributed by atoms with E-state index in [1.807, 2.05) is 0 Å². The van der Waals surface area contributed by atoms with Crippen LogP contribution in [0.3, 0.4) is 0 Å². The van der Waals surface area contributed by atoms with E-state index in [4.69, 9.17) is 9.47 Å². The van der Waals surface area contributed by atoms with Gasteiger partial charge in [-0.2, -0.15) is 0 Å². The molecule has 1 aromatic carbocycles. The highest BCUT2D eigenvalue weighted by Gasteiger charge is 2.33. The van der Waals surface area contributed by atoms with Gasteiger partial charge in [-0.25, -0.2) is 0 Å². The molecule has 1 aliphatic rings. The minimum Gasteiger partial charge on any atom is -0.490 e. The van der Waals surface area contributed by atoms with Crippen molar-refractivity contribution in [1.82, 2.24) is 0 Å². The second kappa shape index (κ2) is 4.81. The predicted molar refractivity (Wildman–Crippen MR) is 67.1 cm³/mol. The van der Waals surface area contributed by atoms with Gasteiger partial charge in [-0.1, -0.05) is 6.92 Å². The summed E-state index contributed by atoms with van der Waals surface area (Å²) in [6.07, 6.45) is 0. The van der Waals surface area contributed by atoms with Crippen molar-refractivity contribution < 1.29 is 14.4 Å². The van der Waals surface area contributed by atoms with Gasteiger partial charge in [-0.05, 0) is 6.07 Å². The first kappa shape index (κ1) is 12.6. The molecule has 1 heterocycles. The van der Waals surface area contributed by atoms with Crippen molar-refractivity contribution in [1.29, 1.82) is 0 Å². The van der Waals surface area contributed by atoms with Gasteiger partial charge in [0.05, 0.1) is 25.2 Å². The van der Waals surface area contributed by atoms with E-state index in [1.54, 1.807) is 12.1 Å². The van der Waals surface area contributed by atoms with Crippen molar-refractivity contribution in [3.63, 3.8) is 0 Å². The maximum Gasteiger partial charge on any atom is 0.311 e. The molecule has 6 heteroatoms. The first-order chi connectivity index (χ1) is 8.54. The molecule has 0 spiro atoms. The van der Waals surface area contributed by atoms with Crippen LogP contribution in [-0.4, -0.2) is 31.8 Å². The van der Waals surface area contributed by atoms with Crippen molar-refractivity contribution in [3.8, 4) is 5.75 Å². The predicted octanol–water partition coefficient (Wildman–Crippen LogP) is 2.05. The highest BCUT2D eigenvalue weighted by Crippen LogP contribution is 2.31. The summed E-state index contributed by atoms with van der Waals surface area (Å²) >= 11 is 0. The van der Waals surface area contributed by atoms with Crippen LogP contribution in [0.15, 0.2) is 18.2 Å². The fraction of sp³-hybridized carbons (Fsp3) is 0.500. The van der Waals surface area contributed by atoms with Crippen LogP contribution in [0, 0.1) is 15.5 Å². The second-order valence-corrected chi connectivity index (χ2v) is 4.80. The number of benzene rings is 1. The molecule has 0 saturated carbocycles. The smallest absolute Gasteiger partial charge is 0.311 e. The van der Waals surface area contributed by atoms with Crippen LogP contribution < -0.4 is 10.1 Å². The summed E-state index contributed by atoms with van der Waals surface area (Å²) in [4.78, 5) is 10.3. The van der Waals surface area contributed by atoms with Gasteiger partial charge in [0.25, 0.3) is 0 Å². The SMILES string of the molecule is COc1cc(NCC2(C)COC2)ccc1[N+](=O)[O-]. The van der Waals surface area contributed by atoms with Gasteiger partial charge in [0, 0.05) is 29.8 Å². The molecular weight excluding hydrogens is 236 g/mol. The van der Waals surface area contributed by atoms with Gasteiger partial charge >= 0.3 is 5.69 Å². The van der Waals surface area contributed by atoms with Crippen molar-refractivity contribution in [2.75, 3.05) is 32.2 Å². The molecule has 1 saturated heterocycles. The number of methoxy groups -OCH3 is 1. The Kier molecular flexibility index (Phi) is 3.38. The average Bonchev–Trinajstić information content (AvgIpc) is 2.33. The van der Waals surface area contributed by atoms with Crippen LogP contribution in [-0.2, 0) is 4.74 Å². The highest BCUT2D eigenvalue weighted by molar-refractivity contribution is 5.58. The third-order valence-corrected chi connectivity index (χ3v) is 3.00. The molecule has 1 aliphatic heterocycles. The molecular formula is C12H16N2O4. The second-order valence-electron chi connectivity index (χ2n) is 4.80. The maximum atomic E-state index is 10.8. The lowest BCUT2D eigenvalue weighted by molar-refractivity contribution is -0.385. The van der Waals surface area contributed by atoms with E-state index in [9.17, 15) is 10.1 Å². The van der Waals surface area contributed by atoms with Gasteiger partial charge in [0.1, 0.15) is 0 Å². The number of nitro benzene ring substituents is 1. The van der Waals surface area contributed by atoms with Crippen LogP contribution in [0.5, 0.6) is 5.75 Å². The fourth-order valence-electron chi connectivity index (χ4n) is 1.81. The third-order valence-electron chi connectivity index (χ3n) is 3.00. The quantitative estimate of drug-likeness (QED) is 0.641. The fourth-order valence-corrected chi connectivity index (χ4v) is 1.81. The summed E-state index contributed by atoms with van der Waals surface area (Å²) < 4.78 is 10.2. The molecule has 0 unspecified atom stereocenters. The molecule has 0 aromatic heterocycles. The minimum absolute atomic E-state index is 0.0266. The molecule has 2 rings (SSSR count). The Morgan fingerprint density at radius 1 is 1.56 bits per heavy atom. The zero-order valence-electron chi connectivity index (χ0n) is 10.4. The zero-order valence-corrected chi connectivity index (χ0v) is 10.4. The molecule has 1 aromatic rings. The topological polar surface area (TPSA) is 73.6 Å². The van der Waals surface area contributed by atoms with Crippen LogP contribution in [0.25, 0.3) is 0 Å². The normalized spacial score (nSPS) is 16.8. The number of nitrogens with zero attached hydrogens (tertiary/aromatic N) is 1. The molecule has 6 nitrogen and oxygen atoms in total. The number of hydrogen-bond donors (Lipinski definition) is 1. The number of hydrogen-bond acceptors (Lipinski definition) is 5. The summed E-state index contributed by atoms with van der Waals surface area (Å²) in [6, 6.07) is 4.77. The Balaban J connectivity index is 2.07. The number of ether oxygens (including phenoxy) is 2. The number of rotatable bonds is 5. The highest BCUT2D eigenvalue weighted by atomic mass is 16.6. The number of anilines is 1. The third kappa shape index (κ3) is 2.53. The molecule has 18 heavy (non-hydrogen) atoms. The van der Waals surface area contributed by atoms with Crippen LogP contribution in [0.1, 0.15) is 6.92 Å². The summed E-state index contributed by atoms with van der Waals surface area (Å²) in [5.41, 5.74) is 0.932. The van der Waals surface area contributed by atoms with Crippen LogP contribution >= 0.6 is 0 Å². The van der Waals surface area contributed by atoms with Crippen LogP contribution in [0.4, 0.5) is 11.4 Å². The van der Waals surface area contributed by atoms with E-state index < -0.39 is 4.92 Å². The van der Waals surface area contributed by atoms with E-state index in [2.05, 4.69) is 12.2 Å². The maximum absolute atomic E-state index is 10.8. The van der Waals surface area contributed by atoms with E-state index in [0.29, 0.717) is 0 Å². The van der Waals surface area contributed by atoms with E-state index in [-0.39, 0.29) is 16.9 Å². The summed E-state index contributed by atoms with van der Waals surface area (Å²) in [5, 5.41) is 14.0. The molecule has 0 bridgehead atoms. The largest absolute Gasteiger partial charge is 0.490 e. The molecule has 98 valence electrons. The van der Waals surface area contributed by atoms with Gasteiger partial charge in [0.2, 0.25) is 0 Å². The van der Waals surface area contributed by atoms with Crippen molar-refractivity contribution in [3.05, 3.63) is 28.3 Å². The monoisotopic (exact) mass is 252 g/mol. The Morgan fingerprint density at radius 3 is 2.78 bits per heavy atom. The molecule has 0 amide bonds. The lowest BCUT2D eigenvalue weighted by atomic mass is 9.89. The van der Waals surface area contributed by atoms with Gasteiger partial charge < -0.3 is 14.8 Å². The lowest BCUT2D eigenvalue weighted by Crippen LogP contribution is -2.45. The standard InChI is InChI=1S/C12H16N2O4/c1-12(7-18-8-12)6-13-9-3-4-10(14(15)16)11(5-9)17-2/h3-5,13H,6-8H2,1-2H3. The summed E-state index contributed by atoms with van der Waals surface area (Å²) in [5.74, 6) is 0.264. The van der Waals surface area contributed by atoms with Gasteiger partial charge in [-0.15, -0.1) is 0 Å². The molecule has 1 fully saturated rings. The average molecular weight is 252 g/mol. The Labute approximate surface area is 105 Å². The Bertz CT molecular complexity index is 457. The van der Waals surface area contributed by atoms with E-state index >= 15 is 0 Å². The van der Waals surface area contributed by atoms with Crippen molar-refractivity contribution >= 4 is 11.4 Å². The van der Waals surface area contributed by atoms with Crippen LogP contribution in [0.2, 0.25) is 0 Å².